The van der Waals surface area contributed by atoms with Crippen LogP contribution in [0.1, 0.15) is 16.4 Å². The molecule has 2 nitrogen and oxygen atoms in total. The molecule has 0 unspecified atom stereocenters. The third-order valence-electron chi connectivity index (χ3n) is 4.00. The third kappa shape index (κ3) is 4.35. The molecule has 0 N–H and O–H groups in total. The summed E-state index contributed by atoms with van der Waals surface area (Å²) in [6, 6.07) is 21.6. The van der Waals surface area contributed by atoms with Gasteiger partial charge in [-0.05, 0) is 11.1 Å². The zero-order chi connectivity index (χ0) is 15.0. The maximum atomic E-state index is 5.42. The van der Waals surface area contributed by atoms with E-state index >= 15 is 0 Å². The minimum atomic E-state index is 0.420. The summed E-state index contributed by atoms with van der Waals surface area (Å²) in [6.45, 7) is 5.05. The molecule has 116 valence electrons. The van der Waals surface area contributed by atoms with Gasteiger partial charge < -0.3 is 4.74 Å². The van der Waals surface area contributed by atoms with Crippen molar-refractivity contribution < 1.29 is 4.74 Å². The summed E-state index contributed by atoms with van der Waals surface area (Å²) < 4.78 is 5.42. The average molecular weight is 313 g/mol. The topological polar surface area (TPSA) is 12.5 Å². The molecule has 1 fully saturated rings. The number of hydrogen-bond acceptors (Lipinski definition) is 3. The molecule has 22 heavy (non-hydrogen) atoms. The van der Waals surface area contributed by atoms with E-state index in [-0.39, 0.29) is 0 Å². The first-order valence-corrected chi connectivity index (χ1v) is 9.00. The summed E-state index contributed by atoms with van der Waals surface area (Å²) in [5, 5.41) is 0.420. The summed E-state index contributed by atoms with van der Waals surface area (Å²) in [6.07, 6.45) is 0. The molecular weight excluding hydrogens is 290 g/mol. The number of hydrogen-bond donors (Lipinski definition) is 0. The lowest BCUT2D eigenvalue weighted by molar-refractivity contribution is 0.0410. The van der Waals surface area contributed by atoms with Gasteiger partial charge in [0.05, 0.1) is 18.5 Å². The van der Waals surface area contributed by atoms with E-state index in [4.69, 9.17) is 4.74 Å². The van der Waals surface area contributed by atoms with E-state index in [9.17, 15) is 0 Å². The highest BCUT2D eigenvalue weighted by Gasteiger charge is 2.16. The monoisotopic (exact) mass is 313 g/mol. The Balaban J connectivity index is 1.64. The SMILES string of the molecule is c1ccc(C(SCCN2CCOCC2)c2ccccc2)cc1. The first kappa shape index (κ1) is 15.6. The van der Waals surface area contributed by atoms with E-state index in [0.29, 0.717) is 5.25 Å². The summed E-state index contributed by atoms with van der Waals surface area (Å²) in [7, 11) is 0. The summed E-state index contributed by atoms with van der Waals surface area (Å²) in [5.41, 5.74) is 2.78. The van der Waals surface area contributed by atoms with Crippen LogP contribution in [0.3, 0.4) is 0 Å². The van der Waals surface area contributed by atoms with Crippen molar-refractivity contribution in [1.29, 1.82) is 0 Å². The molecule has 2 aromatic rings. The molecular formula is C19H23NOS. The first-order chi connectivity index (χ1) is 10.9. The molecule has 1 aliphatic heterocycles. The number of rotatable bonds is 6. The zero-order valence-corrected chi connectivity index (χ0v) is 13.7. The van der Waals surface area contributed by atoms with Gasteiger partial charge >= 0.3 is 0 Å². The molecule has 0 radical (unpaired) electrons. The fraction of sp³-hybridized carbons (Fsp3) is 0.368. The smallest absolute Gasteiger partial charge is 0.0594 e. The largest absolute Gasteiger partial charge is 0.379 e. The fourth-order valence-corrected chi connectivity index (χ4v) is 4.06. The van der Waals surface area contributed by atoms with E-state index in [2.05, 4.69) is 65.6 Å². The van der Waals surface area contributed by atoms with Gasteiger partial charge in [-0.2, -0.15) is 0 Å². The lowest BCUT2D eigenvalue weighted by atomic mass is 10.0. The summed E-state index contributed by atoms with van der Waals surface area (Å²) >= 11 is 2.04. The van der Waals surface area contributed by atoms with Crippen molar-refractivity contribution in [3.8, 4) is 0 Å². The number of thioether (sulfide) groups is 1. The van der Waals surface area contributed by atoms with Gasteiger partial charge in [-0.1, -0.05) is 60.7 Å². The van der Waals surface area contributed by atoms with Gasteiger partial charge in [0.15, 0.2) is 0 Å². The first-order valence-electron chi connectivity index (χ1n) is 7.95. The molecule has 0 bridgehead atoms. The highest BCUT2D eigenvalue weighted by atomic mass is 32.2. The van der Waals surface area contributed by atoms with Gasteiger partial charge in [0.1, 0.15) is 0 Å². The van der Waals surface area contributed by atoms with Crippen molar-refractivity contribution in [2.24, 2.45) is 0 Å². The predicted molar refractivity (Wildman–Crippen MR) is 94.4 cm³/mol. The van der Waals surface area contributed by atoms with Crippen LogP contribution in [0.25, 0.3) is 0 Å². The Bertz CT molecular complexity index is 500. The molecule has 0 saturated carbocycles. The van der Waals surface area contributed by atoms with E-state index < -0.39 is 0 Å². The Morgan fingerprint density at radius 2 is 1.41 bits per heavy atom. The molecule has 0 atom stereocenters. The minimum absolute atomic E-state index is 0.420. The maximum absolute atomic E-state index is 5.42. The highest BCUT2D eigenvalue weighted by Crippen LogP contribution is 2.35. The van der Waals surface area contributed by atoms with Crippen molar-refractivity contribution in [2.45, 2.75) is 5.25 Å². The van der Waals surface area contributed by atoms with Crippen LogP contribution in [0.15, 0.2) is 60.7 Å². The molecule has 2 aromatic carbocycles. The Labute approximate surface area is 137 Å². The number of benzene rings is 2. The molecule has 3 heteroatoms. The van der Waals surface area contributed by atoms with Gasteiger partial charge in [0.2, 0.25) is 0 Å². The van der Waals surface area contributed by atoms with Gasteiger partial charge in [-0.15, -0.1) is 11.8 Å². The average Bonchev–Trinajstić information content (AvgIpc) is 2.61. The van der Waals surface area contributed by atoms with Gasteiger partial charge in [0, 0.05) is 25.4 Å². The van der Waals surface area contributed by atoms with E-state index in [1.54, 1.807) is 0 Å². The second kappa shape index (κ2) is 8.37. The quantitative estimate of drug-likeness (QED) is 0.804. The van der Waals surface area contributed by atoms with Crippen LogP contribution in [0.2, 0.25) is 0 Å². The van der Waals surface area contributed by atoms with E-state index in [0.717, 1.165) is 38.6 Å². The lowest BCUT2D eigenvalue weighted by Crippen LogP contribution is -2.37. The molecule has 3 rings (SSSR count). The molecule has 0 amide bonds. The Morgan fingerprint density at radius 3 is 1.95 bits per heavy atom. The van der Waals surface area contributed by atoms with E-state index in [1.807, 2.05) is 11.8 Å². The third-order valence-corrected chi connectivity index (χ3v) is 5.30. The number of ether oxygens (including phenoxy) is 1. The second-order valence-corrected chi connectivity index (χ2v) is 6.74. The predicted octanol–water partition coefficient (Wildman–Crippen LogP) is 3.84. The van der Waals surface area contributed by atoms with Crippen molar-refractivity contribution in [2.75, 3.05) is 38.6 Å². The fourth-order valence-electron chi connectivity index (χ4n) is 2.76. The molecule has 0 aliphatic carbocycles. The molecule has 1 saturated heterocycles. The van der Waals surface area contributed by atoms with Crippen LogP contribution in [0.4, 0.5) is 0 Å². The van der Waals surface area contributed by atoms with Crippen molar-refractivity contribution in [3.63, 3.8) is 0 Å². The Hall–Kier alpha value is -1.29. The molecule has 0 spiro atoms. The van der Waals surface area contributed by atoms with Crippen LogP contribution < -0.4 is 0 Å². The second-order valence-electron chi connectivity index (χ2n) is 5.53. The molecule has 1 aliphatic rings. The van der Waals surface area contributed by atoms with Gasteiger partial charge in [0.25, 0.3) is 0 Å². The number of morpholine rings is 1. The minimum Gasteiger partial charge on any atom is -0.379 e. The summed E-state index contributed by atoms with van der Waals surface area (Å²) in [4.78, 5) is 2.50. The van der Waals surface area contributed by atoms with Gasteiger partial charge in [-0.3, -0.25) is 4.90 Å². The zero-order valence-electron chi connectivity index (χ0n) is 12.9. The highest BCUT2D eigenvalue weighted by molar-refractivity contribution is 7.99. The Morgan fingerprint density at radius 1 is 0.864 bits per heavy atom. The van der Waals surface area contributed by atoms with Crippen LogP contribution in [0.5, 0.6) is 0 Å². The van der Waals surface area contributed by atoms with Crippen LogP contribution >= 0.6 is 11.8 Å². The van der Waals surface area contributed by atoms with E-state index in [1.165, 1.54) is 11.1 Å². The van der Waals surface area contributed by atoms with Crippen molar-refractivity contribution >= 4 is 11.8 Å². The van der Waals surface area contributed by atoms with Crippen molar-refractivity contribution in [3.05, 3.63) is 71.8 Å². The van der Waals surface area contributed by atoms with Crippen molar-refractivity contribution in [1.82, 2.24) is 4.90 Å². The molecule has 1 heterocycles. The standard InChI is InChI=1S/C19H23NOS/c1-3-7-17(8-4-1)19(18-9-5-2-6-10-18)22-16-13-20-11-14-21-15-12-20/h1-10,19H,11-16H2. The summed E-state index contributed by atoms with van der Waals surface area (Å²) in [5.74, 6) is 1.15. The lowest BCUT2D eigenvalue weighted by Gasteiger charge is -2.27. The Kier molecular flexibility index (Phi) is 5.94. The van der Waals surface area contributed by atoms with Crippen LogP contribution in [0, 0.1) is 0 Å². The molecule has 0 aromatic heterocycles. The number of nitrogens with zero attached hydrogens (tertiary/aromatic N) is 1. The normalized spacial score (nSPS) is 16.0. The maximum Gasteiger partial charge on any atom is 0.0594 e. The van der Waals surface area contributed by atoms with Crippen LogP contribution in [-0.2, 0) is 4.74 Å². The van der Waals surface area contributed by atoms with Gasteiger partial charge in [-0.25, -0.2) is 0 Å². The van der Waals surface area contributed by atoms with Crippen LogP contribution in [-0.4, -0.2) is 43.5 Å².